The number of carbonyl (C=O) groups is 1. The smallest absolute Gasteiger partial charge is 0.310 e. The molecule has 4 nitrogen and oxygen atoms in total. The van der Waals surface area contributed by atoms with Gasteiger partial charge in [0.1, 0.15) is 0 Å². The SMILES string of the molecule is N#CN1CC(C(=O)O)C1. The molecule has 1 saturated heterocycles. The van der Waals surface area contributed by atoms with Crippen molar-refractivity contribution in [2.45, 2.75) is 0 Å². The summed E-state index contributed by atoms with van der Waals surface area (Å²) in [6.07, 6.45) is 1.86. The van der Waals surface area contributed by atoms with Crippen LogP contribution >= 0.6 is 0 Å². The van der Waals surface area contributed by atoms with E-state index in [2.05, 4.69) is 0 Å². The summed E-state index contributed by atoms with van der Waals surface area (Å²) in [5.41, 5.74) is 0. The van der Waals surface area contributed by atoms with Gasteiger partial charge in [0.2, 0.25) is 0 Å². The van der Waals surface area contributed by atoms with Crippen molar-refractivity contribution >= 4 is 5.97 Å². The fraction of sp³-hybridized carbons (Fsp3) is 0.600. The minimum Gasteiger partial charge on any atom is -0.481 e. The summed E-state index contributed by atoms with van der Waals surface area (Å²) in [5, 5.41) is 16.5. The number of hydrogen-bond acceptors (Lipinski definition) is 3. The summed E-state index contributed by atoms with van der Waals surface area (Å²) in [4.78, 5) is 11.5. The second-order valence-corrected chi connectivity index (χ2v) is 2.04. The molecule has 0 atom stereocenters. The minimum atomic E-state index is -0.804. The molecule has 0 radical (unpaired) electrons. The van der Waals surface area contributed by atoms with Gasteiger partial charge in [-0.15, -0.1) is 0 Å². The van der Waals surface area contributed by atoms with Crippen molar-refractivity contribution in [2.75, 3.05) is 13.1 Å². The van der Waals surface area contributed by atoms with Crippen LogP contribution in [0.1, 0.15) is 0 Å². The monoisotopic (exact) mass is 126 g/mol. The normalized spacial score (nSPS) is 18.3. The molecule has 9 heavy (non-hydrogen) atoms. The van der Waals surface area contributed by atoms with Gasteiger partial charge < -0.3 is 10.0 Å². The van der Waals surface area contributed by atoms with Gasteiger partial charge in [0.15, 0.2) is 6.19 Å². The van der Waals surface area contributed by atoms with Crippen LogP contribution in [-0.4, -0.2) is 29.1 Å². The van der Waals surface area contributed by atoms with Gasteiger partial charge in [-0.1, -0.05) is 0 Å². The number of carboxylic acid groups (broad SMARTS) is 1. The fourth-order valence-electron chi connectivity index (χ4n) is 0.716. The maximum atomic E-state index is 10.1. The zero-order valence-corrected chi connectivity index (χ0v) is 4.74. The molecule has 0 aliphatic carbocycles. The third-order valence-corrected chi connectivity index (χ3v) is 1.37. The molecule has 1 N–H and O–H groups in total. The van der Waals surface area contributed by atoms with Crippen LogP contribution in [-0.2, 0) is 4.79 Å². The minimum absolute atomic E-state index is 0.315. The molecule has 1 heterocycles. The highest BCUT2D eigenvalue weighted by atomic mass is 16.4. The van der Waals surface area contributed by atoms with E-state index in [-0.39, 0.29) is 5.92 Å². The summed E-state index contributed by atoms with van der Waals surface area (Å²) < 4.78 is 0. The molecule has 1 aliphatic rings. The standard InChI is InChI=1S/C5H6N2O2/c6-3-7-1-4(2-7)5(8)9/h4H,1-2H2,(H,8,9). The zero-order chi connectivity index (χ0) is 6.85. The van der Waals surface area contributed by atoms with Crippen molar-refractivity contribution in [3.63, 3.8) is 0 Å². The van der Waals surface area contributed by atoms with Crippen LogP contribution in [0.2, 0.25) is 0 Å². The number of hydrogen-bond donors (Lipinski definition) is 1. The average Bonchev–Trinajstić information content (AvgIpc) is 1.61. The molecule has 0 amide bonds. The Bertz CT molecular complexity index is 166. The number of likely N-dealkylation sites (tertiary alicyclic amines) is 1. The second kappa shape index (κ2) is 1.94. The molecule has 0 unspecified atom stereocenters. The fourth-order valence-corrected chi connectivity index (χ4v) is 0.716. The van der Waals surface area contributed by atoms with E-state index in [1.807, 2.05) is 6.19 Å². The van der Waals surface area contributed by atoms with Crippen molar-refractivity contribution < 1.29 is 9.90 Å². The Morgan fingerprint density at radius 1 is 1.78 bits per heavy atom. The van der Waals surface area contributed by atoms with E-state index in [4.69, 9.17) is 10.4 Å². The van der Waals surface area contributed by atoms with Gasteiger partial charge in [-0.3, -0.25) is 4.79 Å². The molecule has 4 heteroatoms. The van der Waals surface area contributed by atoms with Gasteiger partial charge >= 0.3 is 5.97 Å². The molecule has 1 rings (SSSR count). The lowest BCUT2D eigenvalue weighted by Gasteiger charge is -2.31. The van der Waals surface area contributed by atoms with Crippen molar-refractivity contribution in [1.29, 1.82) is 5.26 Å². The predicted octanol–water partition coefficient (Wildman–Crippen LogP) is -0.516. The van der Waals surface area contributed by atoms with Crippen molar-refractivity contribution in [2.24, 2.45) is 5.92 Å². The molecule has 0 bridgehead atoms. The van der Waals surface area contributed by atoms with Crippen LogP contribution in [0.25, 0.3) is 0 Å². The molecule has 0 aromatic heterocycles. The first-order valence-electron chi connectivity index (χ1n) is 2.61. The number of nitrogens with zero attached hydrogens (tertiary/aromatic N) is 2. The van der Waals surface area contributed by atoms with Crippen LogP contribution in [0.4, 0.5) is 0 Å². The Balaban J connectivity index is 2.29. The van der Waals surface area contributed by atoms with E-state index in [1.54, 1.807) is 0 Å². The third kappa shape index (κ3) is 0.941. The van der Waals surface area contributed by atoms with E-state index in [1.165, 1.54) is 4.90 Å². The highest BCUT2D eigenvalue weighted by Crippen LogP contribution is 2.12. The summed E-state index contributed by atoms with van der Waals surface area (Å²) >= 11 is 0. The quantitative estimate of drug-likeness (QED) is 0.480. The molecular formula is C5H6N2O2. The molecule has 1 aliphatic heterocycles. The summed E-state index contributed by atoms with van der Waals surface area (Å²) in [6.45, 7) is 0.762. The molecular weight excluding hydrogens is 120 g/mol. The highest BCUT2D eigenvalue weighted by Gasteiger charge is 2.31. The Labute approximate surface area is 52.3 Å². The van der Waals surface area contributed by atoms with Gasteiger partial charge in [-0.2, -0.15) is 5.26 Å². The van der Waals surface area contributed by atoms with Gasteiger partial charge in [0.05, 0.1) is 5.92 Å². The molecule has 0 aromatic rings. The van der Waals surface area contributed by atoms with Crippen molar-refractivity contribution in [1.82, 2.24) is 4.90 Å². The summed E-state index contributed by atoms with van der Waals surface area (Å²) in [6, 6.07) is 0. The Hall–Kier alpha value is -1.24. The third-order valence-electron chi connectivity index (χ3n) is 1.37. The van der Waals surface area contributed by atoms with E-state index >= 15 is 0 Å². The van der Waals surface area contributed by atoms with Gasteiger partial charge in [-0.05, 0) is 0 Å². The van der Waals surface area contributed by atoms with E-state index in [0.717, 1.165) is 0 Å². The van der Waals surface area contributed by atoms with Gasteiger partial charge in [-0.25, -0.2) is 0 Å². The lowest BCUT2D eigenvalue weighted by Crippen LogP contribution is -2.47. The maximum absolute atomic E-state index is 10.1. The Morgan fingerprint density at radius 3 is 2.67 bits per heavy atom. The predicted molar refractivity (Wildman–Crippen MR) is 28.3 cm³/mol. The highest BCUT2D eigenvalue weighted by molar-refractivity contribution is 5.71. The maximum Gasteiger partial charge on any atom is 0.310 e. The lowest BCUT2D eigenvalue weighted by molar-refractivity contribution is -0.146. The lowest BCUT2D eigenvalue weighted by atomic mass is 10.0. The first-order chi connectivity index (χ1) is 4.24. The second-order valence-electron chi connectivity index (χ2n) is 2.04. The largest absolute Gasteiger partial charge is 0.481 e. The number of nitriles is 1. The average molecular weight is 126 g/mol. The number of carboxylic acids is 1. The van der Waals surface area contributed by atoms with Crippen LogP contribution in [0.15, 0.2) is 0 Å². The first-order valence-corrected chi connectivity index (χ1v) is 2.61. The topological polar surface area (TPSA) is 64.3 Å². The molecule has 0 saturated carbocycles. The van der Waals surface area contributed by atoms with Gasteiger partial charge in [0, 0.05) is 13.1 Å². The van der Waals surface area contributed by atoms with E-state index in [9.17, 15) is 4.79 Å². The molecule has 0 spiro atoms. The zero-order valence-electron chi connectivity index (χ0n) is 4.74. The molecule has 1 fully saturated rings. The number of aliphatic carboxylic acids is 1. The summed E-state index contributed by atoms with van der Waals surface area (Å²) in [7, 11) is 0. The van der Waals surface area contributed by atoms with Crippen molar-refractivity contribution in [3.8, 4) is 6.19 Å². The van der Waals surface area contributed by atoms with E-state index in [0.29, 0.717) is 13.1 Å². The van der Waals surface area contributed by atoms with Crippen molar-refractivity contribution in [3.05, 3.63) is 0 Å². The Kier molecular flexibility index (Phi) is 1.27. The Morgan fingerprint density at radius 2 is 2.33 bits per heavy atom. The molecule has 48 valence electrons. The van der Waals surface area contributed by atoms with E-state index < -0.39 is 5.97 Å². The van der Waals surface area contributed by atoms with Gasteiger partial charge in [0.25, 0.3) is 0 Å². The van der Waals surface area contributed by atoms with Crippen LogP contribution in [0, 0.1) is 17.4 Å². The van der Waals surface area contributed by atoms with Crippen LogP contribution < -0.4 is 0 Å². The summed E-state index contributed by atoms with van der Waals surface area (Å²) in [5.74, 6) is -1.12. The first kappa shape index (κ1) is 5.89. The number of rotatable bonds is 1. The van der Waals surface area contributed by atoms with Crippen LogP contribution in [0.5, 0.6) is 0 Å². The van der Waals surface area contributed by atoms with Crippen LogP contribution in [0.3, 0.4) is 0 Å². The molecule has 0 aromatic carbocycles.